The number of rotatable bonds is 6. The van der Waals surface area contributed by atoms with Crippen LogP contribution in [0.2, 0.25) is 0 Å². The molecule has 5 nitrogen and oxygen atoms in total. The number of hydrogen-bond donors (Lipinski definition) is 1. The van der Waals surface area contributed by atoms with Crippen LogP contribution < -0.4 is 10.1 Å². The molecule has 0 aromatic heterocycles. The molecule has 5 rings (SSSR count). The number of ether oxygens (including phenoxy) is 1. The molecule has 0 unspecified atom stereocenters. The highest BCUT2D eigenvalue weighted by Gasteiger charge is 2.60. The topological polar surface area (TPSA) is 58.6 Å². The molecule has 2 saturated carbocycles. The van der Waals surface area contributed by atoms with Crippen LogP contribution in [-0.2, 0) is 16.0 Å². The van der Waals surface area contributed by atoms with Crippen LogP contribution >= 0.6 is 0 Å². The average molecular weight is 453 g/mol. The number of aryl methyl sites for hydroxylation is 1. The van der Waals surface area contributed by atoms with Crippen molar-refractivity contribution in [3.63, 3.8) is 0 Å². The molecule has 3 fully saturated rings. The molecule has 1 amide bonds. The van der Waals surface area contributed by atoms with Crippen molar-refractivity contribution in [3.05, 3.63) is 29.3 Å². The van der Waals surface area contributed by atoms with Gasteiger partial charge in [0.25, 0.3) is 0 Å². The van der Waals surface area contributed by atoms with Gasteiger partial charge < -0.3 is 10.1 Å². The van der Waals surface area contributed by atoms with Gasteiger partial charge in [0.1, 0.15) is 18.1 Å². The Labute approximate surface area is 198 Å². The monoisotopic (exact) mass is 452 g/mol. The van der Waals surface area contributed by atoms with Crippen LogP contribution in [0.4, 0.5) is 0 Å². The highest BCUT2D eigenvalue weighted by Crippen LogP contribution is 2.61. The van der Waals surface area contributed by atoms with E-state index in [2.05, 4.69) is 42.3 Å². The zero-order chi connectivity index (χ0) is 23.2. The summed E-state index contributed by atoms with van der Waals surface area (Å²) < 4.78 is 6.15. The second-order valence-electron chi connectivity index (χ2n) is 11.2. The van der Waals surface area contributed by atoms with E-state index in [0.717, 1.165) is 44.6 Å². The fraction of sp³-hybridized carbons (Fsp3) is 0.714. The van der Waals surface area contributed by atoms with Gasteiger partial charge >= 0.3 is 0 Å². The Bertz CT molecular complexity index is 914. The normalized spacial score (nSPS) is 35.6. The quantitative estimate of drug-likeness (QED) is 0.698. The van der Waals surface area contributed by atoms with Gasteiger partial charge in [-0.1, -0.05) is 13.0 Å². The van der Waals surface area contributed by atoms with Crippen molar-refractivity contribution in [1.82, 2.24) is 10.2 Å². The van der Waals surface area contributed by atoms with Crippen LogP contribution in [0.25, 0.3) is 0 Å². The van der Waals surface area contributed by atoms with Crippen molar-refractivity contribution < 1.29 is 14.3 Å². The third kappa shape index (κ3) is 4.00. The predicted molar refractivity (Wildman–Crippen MR) is 129 cm³/mol. The fourth-order valence-electron chi connectivity index (χ4n) is 7.69. The molecule has 1 heterocycles. The lowest BCUT2D eigenvalue weighted by atomic mass is 9.54. The molecule has 4 aliphatic rings. The highest BCUT2D eigenvalue weighted by molar-refractivity contribution is 5.94. The van der Waals surface area contributed by atoms with Gasteiger partial charge in [0.2, 0.25) is 5.91 Å². The number of amides is 1. The Morgan fingerprint density at radius 3 is 2.88 bits per heavy atom. The molecule has 5 heteroatoms. The Morgan fingerprint density at radius 1 is 1.27 bits per heavy atom. The maximum absolute atomic E-state index is 13.0. The molecule has 33 heavy (non-hydrogen) atoms. The van der Waals surface area contributed by atoms with E-state index in [1.54, 1.807) is 0 Å². The third-order valence-electron chi connectivity index (χ3n) is 9.45. The smallest absolute Gasteiger partial charge is 0.223 e. The zero-order valence-corrected chi connectivity index (χ0v) is 20.6. The minimum atomic E-state index is -0.329. The zero-order valence-electron chi connectivity index (χ0n) is 20.6. The van der Waals surface area contributed by atoms with Crippen LogP contribution in [0.1, 0.15) is 76.3 Å². The minimum absolute atomic E-state index is 0.0853. The standard InChI is InChI=1S/C28H40N2O3/c1-4-29-27(32)24-17-25(31)28(3)12-11-22-21-10-8-20(16-19(21)7-9-23(22)26(24)28)33-15-14-30-13-5-6-18(30)2/h8,10,16,18,22-24,26H,4-7,9,11-15,17H2,1-3H3,(H,29,32)/t18-,22+,23+,24+,26+,28+/m0/s1. The molecule has 1 saturated heterocycles. The van der Waals surface area contributed by atoms with E-state index in [1.807, 2.05) is 6.92 Å². The molecule has 1 aliphatic heterocycles. The number of carbonyl (C=O) groups excluding carboxylic acids is 2. The SMILES string of the molecule is CCNC(=O)[C@@H]1CC(=O)[C@@]2(C)CC[C@@H]3c4ccc(OCCN5CCC[C@@H]5C)cc4CC[C@H]3[C@H]12. The number of ketones is 1. The number of fused-ring (bicyclic) bond motifs is 5. The van der Waals surface area contributed by atoms with Gasteiger partial charge in [-0.3, -0.25) is 14.5 Å². The lowest BCUT2D eigenvalue weighted by molar-refractivity contribution is -0.130. The van der Waals surface area contributed by atoms with Crippen molar-refractivity contribution in [2.24, 2.45) is 23.2 Å². The molecular formula is C28H40N2O3. The second kappa shape index (κ2) is 9.05. The van der Waals surface area contributed by atoms with Gasteiger partial charge in [0.15, 0.2) is 0 Å². The number of Topliss-reactive ketones (excluding diaryl/α,β-unsaturated/α-hetero) is 1. The Kier molecular flexibility index (Phi) is 6.28. The summed E-state index contributed by atoms with van der Waals surface area (Å²) in [5.74, 6) is 2.25. The first-order valence-corrected chi connectivity index (χ1v) is 13.2. The number of nitrogens with one attached hydrogen (secondary N) is 1. The van der Waals surface area contributed by atoms with Crippen LogP contribution in [0.15, 0.2) is 18.2 Å². The molecule has 3 aliphatic carbocycles. The molecule has 0 spiro atoms. The van der Waals surface area contributed by atoms with Gasteiger partial charge in [-0.15, -0.1) is 0 Å². The first-order chi connectivity index (χ1) is 15.9. The summed E-state index contributed by atoms with van der Waals surface area (Å²) in [5, 5.41) is 3.01. The Hall–Kier alpha value is -1.88. The summed E-state index contributed by atoms with van der Waals surface area (Å²) >= 11 is 0. The van der Waals surface area contributed by atoms with E-state index in [-0.39, 0.29) is 23.2 Å². The van der Waals surface area contributed by atoms with Crippen LogP contribution in [0, 0.1) is 23.2 Å². The Morgan fingerprint density at radius 2 is 2.12 bits per heavy atom. The number of benzene rings is 1. The lowest BCUT2D eigenvalue weighted by Gasteiger charge is -2.49. The summed E-state index contributed by atoms with van der Waals surface area (Å²) in [6, 6.07) is 7.36. The predicted octanol–water partition coefficient (Wildman–Crippen LogP) is 4.34. The van der Waals surface area contributed by atoms with E-state index < -0.39 is 0 Å². The molecule has 6 atom stereocenters. The van der Waals surface area contributed by atoms with Crippen molar-refractivity contribution in [3.8, 4) is 5.75 Å². The summed E-state index contributed by atoms with van der Waals surface area (Å²) in [4.78, 5) is 28.4. The summed E-state index contributed by atoms with van der Waals surface area (Å²) in [7, 11) is 0. The molecular weight excluding hydrogens is 412 g/mol. The fourth-order valence-corrected chi connectivity index (χ4v) is 7.69. The van der Waals surface area contributed by atoms with Crippen LogP contribution in [0.5, 0.6) is 5.75 Å². The lowest BCUT2D eigenvalue weighted by Crippen LogP contribution is -2.46. The first-order valence-electron chi connectivity index (χ1n) is 13.2. The van der Waals surface area contributed by atoms with E-state index in [4.69, 9.17) is 4.74 Å². The van der Waals surface area contributed by atoms with E-state index in [0.29, 0.717) is 36.6 Å². The molecule has 0 bridgehead atoms. The van der Waals surface area contributed by atoms with E-state index in [9.17, 15) is 9.59 Å². The first kappa shape index (κ1) is 22.9. The maximum atomic E-state index is 13.0. The van der Waals surface area contributed by atoms with Gasteiger partial charge in [-0.25, -0.2) is 0 Å². The molecule has 0 radical (unpaired) electrons. The maximum Gasteiger partial charge on any atom is 0.223 e. The molecule has 180 valence electrons. The van der Waals surface area contributed by atoms with Crippen LogP contribution in [-0.4, -0.2) is 48.9 Å². The van der Waals surface area contributed by atoms with Crippen molar-refractivity contribution in [2.45, 2.75) is 77.7 Å². The summed E-state index contributed by atoms with van der Waals surface area (Å²) in [6.45, 7) is 9.97. The van der Waals surface area contributed by atoms with Crippen molar-refractivity contribution >= 4 is 11.7 Å². The summed E-state index contributed by atoms with van der Waals surface area (Å²) in [6.07, 6.45) is 7.05. The van der Waals surface area contributed by atoms with Crippen molar-refractivity contribution in [2.75, 3.05) is 26.2 Å². The van der Waals surface area contributed by atoms with Gasteiger partial charge in [-0.05, 0) is 99.9 Å². The van der Waals surface area contributed by atoms with Crippen LogP contribution in [0.3, 0.4) is 0 Å². The third-order valence-corrected chi connectivity index (χ3v) is 9.45. The highest BCUT2D eigenvalue weighted by atomic mass is 16.5. The van der Waals surface area contributed by atoms with Gasteiger partial charge in [-0.2, -0.15) is 0 Å². The number of carbonyl (C=O) groups is 2. The van der Waals surface area contributed by atoms with E-state index in [1.165, 1.54) is 30.5 Å². The summed E-state index contributed by atoms with van der Waals surface area (Å²) in [5.41, 5.74) is 2.51. The van der Waals surface area contributed by atoms with Crippen molar-refractivity contribution in [1.29, 1.82) is 0 Å². The number of likely N-dealkylation sites (tertiary alicyclic amines) is 1. The average Bonchev–Trinajstić information content (AvgIpc) is 3.33. The largest absolute Gasteiger partial charge is 0.492 e. The van der Waals surface area contributed by atoms with Gasteiger partial charge in [0, 0.05) is 36.9 Å². The molecule has 1 aromatic carbocycles. The number of hydrogen-bond acceptors (Lipinski definition) is 4. The van der Waals surface area contributed by atoms with Gasteiger partial charge in [0.05, 0.1) is 0 Å². The van der Waals surface area contributed by atoms with E-state index >= 15 is 0 Å². The molecule has 1 N–H and O–H groups in total. The Balaban J connectivity index is 1.31. The number of nitrogens with zero attached hydrogens (tertiary/aromatic N) is 1. The molecule has 1 aromatic rings. The second-order valence-corrected chi connectivity index (χ2v) is 11.2. The minimum Gasteiger partial charge on any atom is -0.492 e.